The van der Waals surface area contributed by atoms with Crippen LogP contribution in [0.5, 0.6) is 0 Å². The van der Waals surface area contributed by atoms with Gasteiger partial charge in [-0.2, -0.15) is 0 Å². The first kappa shape index (κ1) is 9.19. The molecule has 1 aromatic carbocycles. The molecular formula is C11H11F2N. The molecule has 3 heteroatoms. The SMILES string of the molecule is CC1(C)C=Cc2cc(F)cc(F)c2N1. The van der Waals surface area contributed by atoms with Gasteiger partial charge in [-0.15, -0.1) is 0 Å². The average molecular weight is 195 g/mol. The standard InChI is InChI=1S/C11H11F2N/c1-11(2)4-3-7-5-8(12)6-9(13)10(7)14-11/h3-6,14H,1-2H3. The van der Waals surface area contributed by atoms with Gasteiger partial charge in [0.15, 0.2) is 0 Å². The Bertz CT molecular complexity index is 408. The molecule has 1 aliphatic rings. The van der Waals surface area contributed by atoms with E-state index in [1.165, 1.54) is 6.07 Å². The third kappa shape index (κ3) is 1.50. The minimum absolute atomic E-state index is 0.286. The van der Waals surface area contributed by atoms with Crippen molar-refractivity contribution in [1.82, 2.24) is 0 Å². The Morgan fingerprint density at radius 3 is 2.64 bits per heavy atom. The molecule has 1 nitrogen and oxygen atoms in total. The van der Waals surface area contributed by atoms with Crippen molar-refractivity contribution in [2.45, 2.75) is 19.4 Å². The van der Waals surface area contributed by atoms with Gasteiger partial charge in [0.25, 0.3) is 0 Å². The van der Waals surface area contributed by atoms with Crippen LogP contribution in [0.2, 0.25) is 0 Å². The Kier molecular flexibility index (Phi) is 1.84. The molecule has 0 radical (unpaired) electrons. The Morgan fingerprint density at radius 1 is 1.21 bits per heavy atom. The van der Waals surface area contributed by atoms with Gasteiger partial charge in [-0.25, -0.2) is 8.78 Å². The number of rotatable bonds is 0. The third-order valence-corrected chi connectivity index (χ3v) is 2.21. The summed E-state index contributed by atoms with van der Waals surface area (Å²) in [6, 6.07) is 2.21. The molecule has 0 aromatic heterocycles. The lowest BCUT2D eigenvalue weighted by Gasteiger charge is -2.29. The van der Waals surface area contributed by atoms with Crippen molar-refractivity contribution >= 4 is 11.8 Å². The fraction of sp³-hybridized carbons (Fsp3) is 0.273. The summed E-state index contributed by atoms with van der Waals surface area (Å²) in [6.45, 7) is 3.85. The number of fused-ring (bicyclic) bond motifs is 1. The monoisotopic (exact) mass is 195 g/mol. The first-order chi connectivity index (χ1) is 6.48. The predicted octanol–water partition coefficient (Wildman–Crippen LogP) is 3.18. The van der Waals surface area contributed by atoms with Crippen LogP contribution in [-0.4, -0.2) is 5.54 Å². The number of benzene rings is 1. The van der Waals surface area contributed by atoms with Crippen LogP contribution in [0.3, 0.4) is 0 Å². The van der Waals surface area contributed by atoms with Crippen LogP contribution in [0.25, 0.3) is 6.08 Å². The van der Waals surface area contributed by atoms with Gasteiger partial charge in [-0.1, -0.05) is 12.2 Å². The Hall–Kier alpha value is -1.38. The van der Waals surface area contributed by atoms with E-state index in [-0.39, 0.29) is 5.54 Å². The molecular weight excluding hydrogens is 184 g/mol. The Morgan fingerprint density at radius 2 is 1.93 bits per heavy atom. The molecule has 0 bridgehead atoms. The highest BCUT2D eigenvalue weighted by molar-refractivity contribution is 5.72. The molecule has 1 aliphatic heterocycles. The lowest BCUT2D eigenvalue weighted by atomic mass is 9.96. The molecule has 0 saturated heterocycles. The van der Waals surface area contributed by atoms with Gasteiger partial charge >= 0.3 is 0 Å². The van der Waals surface area contributed by atoms with Crippen LogP contribution in [0.15, 0.2) is 18.2 Å². The summed E-state index contributed by atoms with van der Waals surface area (Å²) in [6.07, 6.45) is 3.62. The first-order valence-electron chi connectivity index (χ1n) is 4.44. The van der Waals surface area contributed by atoms with Gasteiger partial charge in [-0.05, 0) is 19.9 Å². The molecule has 14 heavy (non-hydrogen) atoms. The summed E-state index contributed by atoms with van der Waals surface area (Å²) in [4.78, 5) is 0. The lowest BCUT2D eigenvalue weighted by Crippen LogP contribution is -2.31. The van der Waals surface area contributed by atoms with E-state index in [1.807, 2.05) is 19.9 Å². The zero-order valence-corrected chi connectivity index (χ0v) is 8.07. The maximum Gasteiger partial charge on any atom is 0.149 e. The lowest BCUT2D eigenvalue weighted by molar-refractivity contribution is 0.578. The first-order valence-corrected chi connectivity index (χ1v) is 4.44. The fourth-order valence-electron chi connectivity index (χ4n) is 1.52. The Labute approximate surface area is 81.4 Å². The van der Waals surface area contributed by atoms with E-state index in [1.54, 1.807) is 6.08 Å². The molecule has 0 amide bonds. The van der Waals surface area contributed by atoms with Crippen molar-refractivity contribution in [3.8, 4) is 0 Å². The van der Waals surface area contributed by atoms with Gasteiger partial charge in [0.05, 0.1) is 11.2 Å². The quantitative estimate of drug-likeness (QED) is 0.670. The van der Waals surface area contributed by atoms with E-state index in [0.29, 0.717) is 11.3 Å². The van der Waals surface area contributed by atoms with E-state index >= 15 is 0 Å². The number of anilines is 1. The minimum Gasteiger partial charge on any atom is -0.374 e. The Balaban J connectivity index is 2.56. The smallest absolute Gasteiger partial charge is 0.149 e. The average Bonchev–Trinajstić information content (AvgIpc) is 2.06. The number of nitrogens with one attached hydrogen (secondary N) is 1. The second-order valence-corrected chi connectivity index (χ2v) is 4.03. The second kappa shape index (κ2) is 2.80. The predicted molar refractivity (Wildman–Crippen MR) is 53.1 cm³/mol. The summed E-state index contributed by atoms with van der Waals surface area (Å²) in [5.74, 6) is -1.09. The van der Waals surface area contributed by atoms with Gasteiger partial charge in [0.1, 0.15) is 11.6 Å². The second-order valence-electron chi connectivity index (χ2n) is 4.03. The summed E-state index contributed by atoms with van der Waals surface area (Å²) < 4.78 is 26.2. The van der Waals surface area contributed by atoms with E-state index in [4.69, 9.17) is 0 Å². The van der Waals surface area contributed by atoms with Crippen molar-refractivity contribution in [3.05, 3.63) is 35.4 Å². The van der Waals surface area contributed by atoms with Crippen molar-refractivity contribution in [1.29, 1.82) is 0 Å². The summed E-state index contributed by atoms with van der Waals surface area (Å²) in [7, 11) is 0. The normalized spacial score (nSPS) is 17.4. The van der Waals surface area contributed by atoms with Crippen LogP contribution in [0.1, 0.15) is 19.4 Å². The molecule has 1 heterocycles. The van der Waals surface area contributed by atoms with E-state index in [0.717, 1.165) is 6.07 Å². The zero-order chi connectivity index (χ0) is 10.3. The van der Waals surface area contributed by atoms with Crippen LogP contribution in [-0.2, 0) is 0 Å². The number of halogens is 2. The molecule has 0 spiro atoms. The van der Waals surface area contributed by atoms with Gasteiger partial charge in [0.2, 0.25) is 0 Å². The van der Waals surface area contributed by atoms with Crippen molar-refractivity contribution in [3.63, 3.8) is 0 Å². The van der Waals surface area contributed by atoms with Crippen LogP contribution >= 0.6 is 0 Å². The fourth-order valence-corrected chi connectivity index (χ4v) is 1.52. The van der Waals surface area contributed by atoms with Crippen LogP contribution in [0.4, 0.5) is 14.5 Å². The highest BCUT2D eigenvalue weighted by Gasteiger charge is 2.22. The van der Waals surface area contributed by atoms with Crippen molar-refractivity contribution < 1.29 is 8.78 Å². The largest absolute Gasteiger partial charge is 0.374 e. The number of hydrogen-bond donors (Lipinski definition) is 1. The van der Waals surface area contributed by atoms with Gasteiger partial charge in [-0.3, -0.25) is 0 Å². The van der Waals surface area contributed by atoms with Gasteiger partial charge < -0.3 is 5.32 Å². The molecule has 74 valence electrons. The topological polar surface area (TPSA) is 12.0 Å². The van der Waals surface area contributed by atoms with Crippen LogP contribution in [0, 0.1) is 11.6 Å². The zero-order valence-electron chi connectivity index (χ0n) is 8.07. The molecule has 0 saturated carbocycles. The van der Waals surface area contributed by atoms with Crippen LogP contribution < -0.4 is 5.32 Å². The molecule has 2 rings (SSSR count). The van der Waals surface area contributed by atoms with Crippen molar-refractivity contribution in [2.24, 2.45) is 0 Å². The third-order valence-electron chi connectivity index (χ3n) is 2.21. The molecule has 0 fully saturated rings. The van der Waals surface area contributed by atoms with Crippen molar-refractivity contribution in [2.75, 3.05) is 5.32 Å². The molecule has 1 N–H and O–H groups in total. The maximum absolute atomic E-state index is 13.3. The number of hydrogen-bond acceptors (Lipinski definition) is 1. The minimum atomic E-state index is -0.549. The van der Waals surface area contributed by atoms with E-state index in [9.17, 15) is 8.78 Å². The maximum atomic E-state index is 13.3. The van der Waals surface area contributed by atoms with Gasteiger partial charge in [0, 0.05) is 11.6 Å². The molecule has 0 unspecified atom stereocenters. The molecule has 1 aromatic rings. The molecule has 0 aliphatic carbocycles. The van der Waals surface area contributed by atoms with E-state index in [2.05, 4.69) is 5.32 Å². The highest BCUT2D eigenvalue weighted by Crippen LogP contribution is 2.30. The molecule has 0 atom stereocenters. The highest BCUT2D eigenvalue weighted by atomic mass is 19.1. The summed E-state index contributed by atoms with van der Waals surface area (Å²) in [5.41, 5.74) is 0.645. The summed E-state index contributed by atoms with van der Waals surface area (Å²) >= 11 is 0. The van der Waals surface area contributed by atoms with E-state index < -0.39 is 11.6 Å². The summed E-state index contributed by atoms with van der Waals surface area (Å²) in [5, 5.41) is 3.00.